The van der Waals surface area contributed by atoms with Crippen LogP contribution in [0.5, 0.6) is 0 Å². The van der Waals surface area contributed by atoms with E-state index in [4.69, 9.17) is 5.73 Å². The molecule has 1 fully saturated rings. The molecule has 0 saturated carbocycles. The van der Waals surface area contributed by atoms with Crippen LogP contribution in [0.4, 0.5) is 17.2 Å². The van der Waals surface area contributed by atoms with Crippen molar-refractivity contribution in [1.82, 2.24) is 4.57 Å². The van der Waals surface area contributed by atoms with Gasteiger partial charge >= 0.3 is 0 Å². The third-order valence-electron chi connectivity index (χ3n) is 4.88. The number of para-hydroxylation sites is 1. The van der Waals surface area contributed by atoms with E-state index in [-0.39, 0.29) is 6.04 Å². The third kappa shape index (κ3) is 2.92. The predicted octanol–water partition coefficient (Wildman–Crippen LogP) is 3.24. The minimum atomic E-state index is 0.263. The molecule has 5 heteroatoms. The fourth-order valence-electron chi connectivity index (χ4n) is 3.40. The number of hydrogen-bond donors (Lipinski definition) is 1. The van der Waals surface area contributed by atoms with Crippen LogP contribution < -0.4 is 15.5 Å². The van der Waals surface area contributed by atoms with E-state index in [1.54, 1.807) is 0 Å². The number of nitriles is 1. The quantitative estimate of drug-likeness (QED) is 0.938. The van der Waals surface area contributed by atoms with Gasteiger partial charge in [0.2, 0.25) is 0 Å². The van der Waals surface area contributed by atoms with E-state index >= 15 is 0 Å². The zero-order chi connectivity index (χ0) is 17.1. The first-order valence-electron chi connectivity index (χ1n) is 8.61. The highest BCUT2D eigenvalue weighted by atomic mass is 15.3. The Hall–Kier alpha value is -2.61. The molecular formula is C19H25N5. The first-order chi connectivity index (χ1) is 11.7. The molecule has 1 aromatic carbocycles. The second-order valence-electron chi connectivity index (χ2n) is 6.36. The van der Waals surface area contributed by atoms with Crippen LogP contribution in [0.2, 0.25) is 0 Å². The smallest absolute Gasteiger partial charge is 0.133 e. The van der Waals surface area contributed by atoms with Gasteiger partial charge in [-0.05, 0) is 31.5 Å². The Kier molecular flexibility index (Phi) is 4.66. The van der Waals surface area contributed by atoms with Crippen LogP contribution in [-0.4, -0.2) is 30.7 Å². The van der Waals surface area contributed by atoms with Crippen molar-refractivity contribution in [3.63, 3.8) is 0 Å². The molecule has 1 saturated heterocycles. The number of aromatic nitrogens is 1. The van der Waals surface area contributed by atoms with Gasteiger partial charge in [0.1, 0.15) is 17.6 Å². The van der Waals surface area contributed by atoms with Gasteiger partial charge in [-0.15, -0.1) is 0 Å². The summed E-state index contributed by atoms with van der Waals surface area (Å²) < 4.78 is 2.10. The normalized spacial score (nSPS) is 16.0. The summed E-state index contributed by atoms with van der Waals surface area (Å²) in [5.74, 6) is 1.01. The summed E-state index contributed by atoms with van der Waals surface area (Å²) in [5.41, 5.74) is 8.89. The van der Waals surface area contributed by atoms with Crippen LogP contribution in [0.1, 0.15) is 32.0 Å². The summed E-state index contributed by atoms with van der Waals surface area (Å²) in [4.78, 5) is 4.72. The van der Waals surface area contributed by atoms with Crippen molar-refractivity contribution in [3.05, 3.63) is 42.1 Å². The molecule has 1 aliphatic heterocycles. The van der Waals surface area contributed by atoms with Crippen LogP contribution >= 0.6 is 0 Å². The monoisotopic (exact) mass is 323 g/mol. The molecule has 5 nitrogen and oxygen atoms in total. The number of hydrogen-bond acceptors (Lipinski definition) is 4. The molecule has 1 atom stereocenters. The first kappa shape index (κ1) is 16.3. The van der Waals surface area contributed by atoms with Crippen molar-refractivity contribution < 1.29 is 0 Å². The van der Waals surface area contributed by atoms with Crippen molar-refractivity contribution in [3.8, 4) is 6.07 Å². The molecule has 1 unspecified atom stereocenters. The van der Waals surface area contributed by atoms with E-state index in [1.165, 1.54) is 5.69 Å². The van der Waals surface area contributed by atoms with Crippen LogP contribution in [0.25, 0.3) is 0 Å². The predicted molar refractivity (Wildman–Crippen MR) is 99.4 cm³/mol. The van der Waals surface area contributed by atoms with E-state index in [2.05, 4.69) is 58.5 Å². The molecule has 2 heterocycles. The zero-order valence-corrected chi connectivity index (χ0v) is 14.4. The molecule has 126 valence electrons. The summed E-state index contributed by atoms with van der Waals surface area (Å²) in [6.07, 6.45) is 0.972. The molecule has 3 rings (SSSR count). The average molecular weight is 323 g/mol. The topological polar surface area (TPSA) is 61.2 Å². The molecule has 2 aromatic rings. The maximum atomic E-state index is 9.44. The molecule has 0 bridgehead atoms. The molecule has 0 amide bonds. The Morgan fingerprint density at radius 2 is 1.75 bits per heavy atom. The highest BCUT2D eigenvalue weighted by molar-refractivity contribution is 5.69. The van der Waals surface area contributed by atoms with Gasteiger partial charge in [0, 0.05) is 37.9 Å². The fourth-order valence-corrected chi connectivity index (χ4v) is 3.40. The van der Waals surface area contributed by atoms with E-state index in [0.29, 0.717) is 11.4 Å². The zero-order valence-electron chi connectivity index (χ0n) is 14.4. The molecule has 0 aliphatic carbocycles. The van der Waals surface area contributed by atoms with Crippen LogP contribution in [0, 0.1) is 11.3 Å². The minimum absolute atomic E-state index is 0.263. The number of rotatable bonds is 4. The molecular weight excluding hydrogens is 298 g/mol. The SMILES string of the molecule is CCC(C)n1c(C#N)cc(N)c1N1CCN(c2ccccc2)CC1. The van der Waals surface area contributed by atoms with Crippen LogP contribution in [0.3, 0.4) is 0 Å². The van der Waals surface area contributed by atoms with E-state index in [1.807, 2.05) is 12.1 Å². The number of benzene rings is 1. The summed E-state index contributed by atoms with van der Waals surface area (Å²) >= 11 is 0. The Balaban J connectivity index is 1.82. The van der Waals surface area contributed by atoms with Crippen molar-refractivity contribution in [2.45, 2.75) is 26.3 Å². The lowest BCUT2D eigenvalue weighted by Crippen LogP contribution is -2.47. The molecule has 0 radical (unpaired) electrons. The summed E-state index contributed by atoms with van der Waals surface area (Å²) in [6.45, 7) is 8.01. The number of nitrogen functional groups attached to an aromatic ring is 1. The van der Waals surface area contributed by atoms with E-state index < -0.39 is 0 Å². The highest BCUT2D eigenvalue weighted by Gasteiger charge is 2.25. The molecule has 1 aromatic heterocycles. The summed E-state index contributed by atoms with van der Waals surface area (Å²) in [5, 5.41) is 9.44. The Labute approximate surface area is 143 Å². The summed E-state index contributed by atoms with van der Waals surface area (Å²) in [7, 11) is 0. The maximum Gasteiger partial charge on any atom is 0.133 e. The third-order valence-corrected chi connectivity index (χ3v) is 4.88. The maximum absolute atomic E-state index is 9.44. The average Bonchev–Trinajstić information content (AvgIpc) is 2.98. The minimum Gasteiger partial charge on any atom is -0.396 e. The van der Waals surface area contributed by atoms with Gasteiger partial charge in [0.25, 0.3) is 0 Å². The Morgan fingerprint density at radius 3 is 2.33 bits per heavy atom. The largest absolute Gasteiger partial charge is 0.396 e. The second-order valence-corrected chi connectivity index (χ2v) is 6.36. The standard InChI is InChI=1S/C19H25N5/c1-3-15(2)24-17(14-20)13-18(21)19(24)23-11-9-22(10-12-23)16-7-5-4-6-8-16/h4-8,13,15H,3,9-12,21H2,1-2H3. The van der Waals surface area contributed by atoms with Gasteiger partial charge in [0.15, 0.2) is 0 Å². The second kappa shape index (κ2) is 6.88. The highest BCUT2D eigenvalue weighted by Crippen LogP contribution is 2.33. The molecule has 1 aliphatic rings. The van der Waals surface area contributed by atoms with Gasteiger partial charge in [-0.3, -0.25) is 0 Å². The van der Waals surface area contributed by atoms with Gasteiger partial charge in [-0.2, -0.15) is 5.26 Å². The first-order valence-corrected chi connectivity index (χ1v) is 8.61. The van der Waals surface area contributed by atoms with Crippen LogP contribution in [-0.2, 0) is 0 Å². The van der Waals surface area contributed by atoms with E-state index in [0.717, 1.165) is 38.4 Å². The van der Waals surface area contributed by atoms with Gasteiger partial charge in [-0.1, -0.05) is 25.1 Å². The van der Waals surface area contributed by atoms with Crippen LogP contribution in [0.15, 0.2) is 36.4 Å². The lowest BCUT2D eigenvalue weighted by Gasteiger charge is -2.38. The van der Waals surface area contributed by atoms with Crippen molar-refractivity contribution in [2.24, 2.45) is 0 Å². The number of piperazine rings is 1. The van der Waals surface area contributed by atoms with Crippen molar-refractivity contribution >= 4 is 17.2 Å². The molecule has 24 heavy (non-hydrogen) atoms. The number of nitrogens with two attached hydrogens (primary N) is 1. The lowest BCUT2D eigenvalue weighted by atomic mass is 10.2. The molecule has 0 spiro atoms. The Bertz CT molecular complexity index is 720. The lowest BCUT2D eigenvalue weighted by molar-refractivity contribution is 0.517. The van der Waals surface area contributed by atoms with Gasteiger partial charge < -0.3 is 20.1 Å². The Morgan fingerprint density at radius 1 is 1.12 bits per heavy atom. The fraction of sp³-hybridized carbons (Fsp3) is 0.421. The van der Waals surface area contributed by atoms with E-state index in [9.17, 15) is 5.26 Å². The van der Waals surface area contributed by atoms with Gasteiger partial charge in [0.05, 0.1) is 5.69 Å². The number of nitrogens with zero attached hydrogens (tertiary/aromatic N) is 4. The number of anilines is 3. The van der Waals surface area contributed by atoms with Crippen molar-refractivity contribution in [2.75, 3.05) is 41.7 Å². The summed E-state index contributed by atoms with van der Waals surface area (Å²) in [6, 6.07) is 14.9. The van der Waals surface area contributed by atoms with Gasteiger partial charge in [-0.25, -0.2) is 0 Å². The molecule has 2 N–H and O–H groups in total. The van der Waals surface area contributed by atoms with Crippen molar-refractivity contribution in [1.29, 1.82) is 5.26 Å².